The molecule has 0 spiro atoms. The van der Waals surface area contributed by atoms with Gasteiger partial charge < -0.3 is 4.57 Å². The SMILES string of the molecule is CC(C)C1=C(c2cn(C)c3ccccc23)C(c2ccccc2)c2ccccc21. The lowest BCUT2D eigenvalue weighted by Gasteiger charge is -2.19. The molecule has 0 radical (unpaired) electrons. The van der Waals surface area contributed by atoms with Crippen LogP contribution < -0.4 is 0 Å². The maximum absolute atomic E-state index is 2.32. The molecule has 1 unspecified atom stereocenters. The minimum atomic E-state index is 0.278. The van der Waals surface area contributed by atoms with E-state index in [2.05, 4.69) is 111 Å². The number of nitrogens with zero attached hydrogens (tertiary/aromatic N) is 1. The first-order valence-corrected chi connectivity index (χ1v) is 10.1. The van der Waals surface area contributed by atoms with Crippen molar-refractivity contribution in [2.45, 2.75) is 19.8 Å². The van der Waals surface area contributed by atoms with Crippen molar-refractivity contribution in [2.24, 2.45) is 13.0 Å². The number of benzene rings is 3. The predicted molar refractivity (Wildman–Crippen MR) is 119 cm³/mol. The third-order valence-corrected chi connectivity index (χ3v) is 6.04. The number of fused-ring (bicyclic) bond motifs is 2. The van der Waals surface area contributed by atoms with Gasteiger partial charge in [-0.25, -0.2) is 0 Å². The first kappa shape index (κ1) is 17.1. The van der Waals surface area contributed by atoms with Crippen LogP contribution >= 0.6 is 0 Å². The Hall–Kier alpha value is -3.06. The highest BCUT2D eigenvalue weighted by Crippen LogP contribution is 2.53. The van der Waals surface area contributed by atoms with Crippen molar-refractivity contribution in [1.82, 2.24) is 4.57 Å². The molecular formula is C27H25N. The zero-order valence-electron chi connectivity index (χ0n) is 16.7. The van der Waals surface area contributed by atoms with Crippen LogP contribution in [0.5, 0.6) is 0 Å². The summed E-state index contributed by atoms with van der Waals surface area (Å²) in [6.07, 6.45) is 2.32. The average Bonchev–Trinajstić information content (AvgIpc) is 3.24. The number of aromatic nitrogens is 1. The Kier molecular flexibility index (Phi) is 3.98. The molecule has 1 aromatic heterocycles. The Bertz CT molecular complexity index is 1190. The fourth-order valence-electron chi connectivity index (χ4n) is 4.92. The van der Waals surface area contributed by atoms with Crippen molar-refractivity contribution in [2.75, 3.05) is 0 Å². The van der Waals surface area contributed by atoms with E-state index in [1.807, 2.05) is 0 Å². The summed E-state index contributed by atoms with van der Waals surface area (Å²) in [5.74, 6) is 0.740. The van der Waals surface area contributed by atoms with E-state index in [9.17, 15) is 0 Å². The Labute approximate surface area is 167 Å². The molecular weight excluding hydrogens is 338 g/mol. The molecule has 1 nitrogen and oxygen atoms in total. The van der Waals surface area contributed by atoms with E-state index >= 15 is 0 Å². The number of aryl methyl sites for hydroxylation is 1. The standard InChI is InChI=1S/C27H25N/c1-18(2)25-21-14-7-8-15-22(21)26(19-11-5-4-6-12-19)27(25)23-17-28(3)24-16-10-9-13-20(23)24/h4-18,26H,1-3H3. The highest BCUT2D eigenvalue weighted by atomic mass is 14.9. The number of hydrogen-bond donors (Lipinski definition) is 0. The lowest BCUT2D eigenvalue weighted by atomic mass is 9.84. The molecule has 0 saturated heterocycles. The van der Waals surface area contributed by atoms with Gasteiger partial charge in [-0.2, -0.15) is 0 Å². The molecule has 0 amide bonds. The Morgan fingerprint density at radius 2 is 1.43 bits per heavy atom. The fourth-order valence-corrected chi connectivity index (χ4v) is 4.92. The van der Waals surface area contributed by atoms with Gasteiger partial charge in [0.05, 0.1) is 0 Å². The van der Waals surface area contributed by atoms with Crippen LogP contribution in [0, 0.1) is 5.92 Å². The van der Waals surface area contributed by atoms with Crippen LogP contribution in [-0.4, -0.2) is 4.57 Å². The van der Waals surface area contributed by atoms with Crippen LogP contribution in [0.15, 0.2) is 85.1 Å². The van der Waals surface area contributed by atoms with Crippen LogP contribution in [0.25, 0.3) is 22.0 Å². The van der Waals surface area contributed by atoms with Crippen LogP contribution in [0.2, 0.25) is 0 Å². The summed E-state index contributed by atoms with van der Waals surface area (Å²) >= 11 is 0. The third kappa shape index (κ3) is 2.46. The highest BCUT2D eigenvalue weighted by molar-refractivity contribution is 6.07. The summed E-state index contributed by atoms with van der Waals surface area (Å²) < 4.78 is 2.26. The molecule has 0 N–H and O–H groups in total. The quantitative estimate of drug-likeness (QED) is 0.373. The number of rotatable bonds is 3. The van der Waals surface area contributed by atoms with E-state index in [1.165, 1.54) is 44.3 Å². The maximum atomic E-state index is 2.32. The van der Waals surface area contributed by atoms with E-state index in [-0.39, 0.29) is 5.92 Å². The van der Waals surface area contributed by atoms with Crippen molar-refractivity contribution >= 4 is 22.0 Å². The van der Waals surface area contributed by atoms with Crippen molar-refractivity contribution < 1.29 is 0 Å². The molecule has 3 aromatic carbocycles. The second-order valence-electron chi connectivity index (χ2n) is 8.08. The second-order valence-corrected chi connectivity index (χ2v) is 8.08. The van der Waals surface area contributed by atoms with Crippen molar-refractivity contribution in [3.8, 4) is 0 Å². The molecule has 4 aromatic rings. The smallest absolute Gasteiger partial charge is 0.0484 e. The van der Waals surface area contributed by atoms with Crippen molar-refractivity contribution in [1.29, 1.82) is 0 Å². The largest absolute Gasteiger partial charge is 0.350 e. The molecule has 1 atom stereocenters. The topological polar surface area (TPSA) is 4.93 Å². The Morgan fingerprint density at radius 3 is 2.21 bits per heavy atom. The molecule has 1 aliphatic rings. The molecule has 28 heavy (non-hydrogen) atoms. The minimum Gasteiger partial charge on any atom is -0.350 e. The molecule has 138 valence electrons. The Balaban J connectivity index is 1.87. The Morgan fingerprint density at radius 1 is 0.750 bits per heavy atom. The lowest BCUT2D eigenvalue weighted by molar-refractivity contribution is 0.858. The molecule has 1 heteroatoms. The molecule has 1 aliphatic carbocycles. The van der Waals surface area contributed by atoms with Crippen molar-refractivity contribution in [3.63, 3.8) is 0 Å². The molecule has 5 rings (SSSR count). The summed E-state index contributed by atoms with van der Waals surface area (Å²) in [5.41, 5.74) is 9.82. The van der Waals surface area contributed by atoms with Crippen LogP contribution in [0.3, 0.4) is 0 Å². The van der Waals surface area contributed by atoms with Gasteiger partial charge in [-0.1, -0.05) is 86.6 Å². The summed E-state index contributed by atoms with van der Waals surface area (Å²) in [7, 11) is 2.15. The van der Waals surface area contributed by atoms with E-state index in [1.54, 1.807) is 0 Å². The van der Waals surface area contributed by atoms with Gasteiger partial charge in [-0.3, -0.25) is 0 Å². The number of allylic oxidation sites excluding steroid dienone is 2. The lowest BCUT2D eigenvalue weighted by Crippen LogP contribution is -2.01. The zero-order chi connectivity index (χ0) is 19.3. The zero-order valence-corrected chi connectivity index (χ0v) is 16.7. The van der Waals surface area contributed by atoms with Crippen LogP contribution in [0.1, 0.15) is 42.0 Å². The van der Waals surface area contributed by atoms with E-state index < -0.39 is 0 Å². The average molecular weight is 364 g/mol. The van der Waals surface area contributed by atoms with Crippen molar-refractivity contribution in [3.05, 3.63) is 107 Å². The third-order valence-electron chi connectivity index (χ3n) is 6.04. The maximum Gasteiger partial charge on any atom is 0.0484 e. The van der Waals surface area contributed by atoms with E-state index in [4.69, 9.17) is 0 Å². The first-order chi connectivity index (χ1) is 13.7. The molecule has 0 bridgehead atoms. The summed E-state index contributed by atoms with van der Waals surface area (Å²) in [5, 5.41) is 1.34. The van der Waals surface area contributed by atoms with Gasteiger partial charge in [0.25, 0.3) is 0 Å². The monoisotopic (exact) mass is 363 g/mol. The van der Waals surface area contributed by atoms with Gasteiger partial charge >= 0.3 is 0 Å². The van der Waals surface area contributed by atoms with E-state index in [0.29, 0.717) is 5.92 Å². The second kappa shape index (κ2) is 6.53. The van der Waals surface area contributed by atoms with Crippen LogP contribution in [-0.2, 0) is 7.05 Å². The summed E-state index contributed by atoms with van der Waals surface area (Å²) in [6.45, 7) is 4.65. The number of hydrogen-bond acceptors (Lipinski definition) is 0. The summed E-state index contributed by atoms with van der Waals surface area (Å²) in [4.78, 5) is 0. The minimum absolute atomic E-state index is 0.278. The van der Waals surface area contributed by atoms with Gasteiger partial charge in [-0.05, 0) is 39.8 Å². The van der Waals surface area contributed by atoms with Gasteiger partial charge in [0.2, 0.25) is 0 Å². The normalized spacial score (nSPS) is 16.2. The molecule has 0 saturated carbocycles. The molecule has 0 fully saturated rings. The first-order valence-electron chi connectivity index (χ1n) is 10.1. The number of para-hydroxylation sites is 1. The van der Waals surface area contributed by atoms with Gasteiger partial charge in [0.15, 0.2) is 0 Å². The van der Waals surface area contributed by atoms with Gasteiger partial charge in [0, 0.05) is 35.6 Å². The molecule has 1 heterocycles. The fraction of sp³-hybridized carbons (Fsp3) is 0.185. The summed E-state index contributed by atoms with van der Waals surface area (Å²) in [6, 6.07) is 28.7. The highest BCUT2D eigenvalue weighted by Gasteiger charge is 2.35. The van der Waals surface area contributed by atoms with Gasteiger partial charge in [0.1, 0.15) is 0 Å². The predicted octanol–water partition coefficient (Wildman–Crippen LogP) is 6.89. The molecule has 0 aliphatic heterocycles. The van der Waals surface area contributed by atoms with E-state index in [0.717, 1.165) is 0 Å². The van der Waals surface area contributed by atoms with Crippen LogP contribution in [0.4, 0.5) is 0 Å². The van der Waals surface area contributed by atoms with Gasteiger partial charge in [-0.15, -0.1) is 0 Å².